The zero-order valence-corrected chi connectivity index (χ0v) is 17.1. The summed E-state index contributed by atoms with van der Waals surface area (Å²) in [4.78, 5) is 32.4. The van der Waals surface area contributed by atoms with E-state index < -0.39 is 5.91 Å². The van der Waals surface area contributed by atoms with Crippen LogP contribution >= 0.6 is 11.3 Å². The number of ether oxygens (including phenoxy) is 1. The van der Waals surface area contributed by atoms with Crippen LogP contribution in [0.4, 0.5) is 0 Å². The summed E-state index contributed by atoms with van der Waals surface area (Å²) in [5.74, 6) is 0.832. The summed E-state index contributed by atoms with van der Waals surface area (Å²) in [6.45, 7) is 1.82. The first-order valence-electron chi connectivity index (χ1n) is 9.35. The Kier molecular flexibility index (Phi) is 5.54. The fraction of sp³-hybridized carbons (Fsp3) is 0.130. The highest BCUT2D eigenvalue weighted by Crippen LogP contribution is 2.30. The predicted molar refractivity (Wildman–Crippen MR) is 116 cm³/mol. The van der Waals surface area contributed by atoms with Crippen LogP contribution < -0.4 is 10.5 Å². The second kappa shape index (κ2) is 8.42. The number of rotatable bonds is 7. The van der Waals surface area contributed by atoms with Gasteiger partial charge in [-0.2, -0.15) is 0 Å². The first-order valence-corrected chi connectivity index (χ1v) is 10.2. The zero-order valence-electron chi connectivity index (χ0n) is 16.3. The maximum Gasteiger partial charge on any atom is 0.248 e. The Morgan fingerprint density at radius 1 is 1.03 bits per heavy atom. The summed E-state index contributed by atoms with van der Waals surface area (Å²) in [5.41, 5.74) is 8.32. The van der Waals surface area contributed by atoms with Crippen molar-refractivity contribution in [3.63, 3.8) is 0 Å². The van der Waals surface area contributed by atoms with Gasteiger partial charge in [-0.25, -0.2) is 4.98 Å². The van der Waals surface area contributed by atoms with Crippen molar-refractivity contribution >= 4 is 33.9 Å². The summed E-state index contributed by atoms with van der Waals surface area (Å²) >= 11 is 1.48. The molecule has 0 aliphatic rings. The number of benzene rings is 2. The van der Waals surface area contributed by atoms with Crippen LogP contribution in [0.1, 0.15) is 26.5 Å². The molecule has 0 saturated carbocycles. The van der Waals surface area contributed by atoms with Crippen molar-refractivity contribution in [3.8, 4) is 11.5 Å². The molecule has 0 unspecified atom stereocenters. The van der Waals surface area contributed by atoms with Crippen LogP contribution in [0, 0.1) is 6.92 Å². The highest BCUT2D eigenvalue weighted by molar-refractivity contribution is 7.09. The highest BCUT2D eigenvalue weighted by Gasteiger charge is 2.12. The molecule has 0 fully saturated rings. The molecule has 0 bridgehead atoms. The monoisotopic (exact) mass is 417 g/mol. The molecule has 4 aromatic rings. The Morgan fingerprint density at radius 2 is 1.83 bits per heavy atom. The molecule has 7 heteroatoms. The van der Waals surface area contributed by atoms with E-state index in [0.29, 0.717) is 35.3 Å². The highest BCUT2D eigenvalue weighted by atomic mass is 32.1. The standard InChI is InChI=1S/C23H19N3O3S/c1-14-10-20-19(13-18(14)23(24)28)21(6-7-25-20)29-17-4-2-15(3-5-17)11-16(27)12-22-26-8-9-30-22/h2-10,13H,11-12H2,1H3,(H2,24,28). The Morgan fingerprint density at radius 3 is 2.53 bits per heavy atom. The number of ketones is 1. The lowest BCUT2D eigenvalue weighted by molar-refractivity contribution is -0.117. The van der Waals surface area contributed by atoms with Gasteiger partial charge in [-0.05, 0) is 48.4 Å². The minimum Gasteiger partial charge on any atom is -0.457 e. The Hall–Kier alpha value is -3.58. The molecule has 2 aromatic carbocycles. The van der Waals surface area contributed by atoms with E-state index in [0.717, 1.165) is 21.7 Å². The number of nitrogens with zero attached hydrogens (tertiary/aromatic N) is 2. The van der Waals surface area contributed by atoms with E-state index >= 15 is 0 Å². The van der Waals surface area contributed by atoms with Crippen molar-refractivity contribution in [3.05, 3.63) is 81.9 Å². The van der Waals surface area contributed by atoms with Crippen LogP contribution in [0.2, 0.25) is 0 Å². The molecule has 0 saturated heterocycles. The molecule has 0 aliphatic carbocycles. The normalized spacial score (nSPS) is 10.8. The van der Waals surface area contributed by atoms with Gasteiger partial charge < -0.3 is 10.5 Å². The lowest BCUT2D eigenvalue weighted by Crippen LogP contribution is -2.12. The third-order valence-electron chi connectivity index (χ3n) is 4.70. The largest absolute Gasteiger partial charge is 0.457 e. The molecule has 2 N–H and O–H groups in total. The lowest BCUT2D eigenvalue weighted by atomic mass is 10.0. The van der Waals surface area contributed by atoms with Gasteiger partial charge in [0, 0.05) is 35.1 Å². The molecule has 4 rings (SSSR count). The van der Waals surface area contributed by atoms with Gasteiger partial charge in [-0.15, -0.1) is 11.3 Å². The van der Waals surface area contributed by atoms with Crippen LogP contribution in [0.3, 0.4) is 0 Å². The first-order chi connectivity index (χ1) is 14.5. The van der Waals surface area contributed by atoms with E-state index in [2.05, 4.69) is 9.97 Å². The van der Waals surface area contributed by atoms with Crippen LogP contribution in [-0.4, -0.2) is 21.7 Å². The Bertz CT molecular complexity index is 1220. The van der Waals surface area contributed by atoms with Gasteiger partial charge >= 0.3 is 0 Å². The van der Waals surface area contributed by atoms with Crippen molar-refractivity contribution in [2.24, 2.45) is 5.73 Å². The van der Waals surface area contributed by atoms with Crippen molar-refractivity contribution in [2.75, 3.05) is 0 Å². The number of nitrogens with two attached hydrogens (primary N) is 1. The van der Waals surface area contributed by atoms with E-state index in [4.69, 9.17) is 10.5 Å². The molecular formula is C23H19N3O3S. The SMILES string of the molecule is Cc1cc2nccc(Oc3ccc(CC(=O)Cc4nccs4)cc3)c2cc1C(N)=O. The van der Waals surface area contributed by atoms with Crippen molar-refractivity contribution in [2.45, 2.75) is 19.8 Å². The second-order valence-electron chi connectivity index (χ2n) is 6.92. The zero-order chi connectivity index (χ0) is 21.1. The van der Waals surface area contributed by atoms with Crippen LogP contribution in [0.5, 0.6) is 11.5 Å². The first kappa shape index (κ1) is 19.7. The number of carbonyl (C=O) groups excluding carboxylic acids is 2. The number of pyridine rings is 1. The van der Waals surface area contributed by atoms with Crippen LogP contribution in [0.15, 0.2) is 60.2 Å². The van der Waals surface area contributed by atoms with Gasteiger partial charge in [-0.3, -0.25) is 14.6 Å². The van der Waals surface area contributed by atoms with Gasteiger partial charge in [0.05, 0.1) is 16.9 Å². The number of primary amides is 1. The average Bonchev–Trinajstić information content (AvgIpc) is 3.22. The molecule has 2 aromatic heterocycles. The van der Waals surface area contributed by atoms with Crippen molar-refractivity contribution in [1.82, 2.24) is 9.97 Å². The van der Waals surface area contributed by atoms with E-state index in [1.54, 1.807) is 24.5 Å². The van der Waals surface area contributed by atoms with E-state index in [9.17, 15) is 9.59 Å². The number of aromatic nitrogens is 2. The second-order valence-corrected chi connectivity index (χ2v) is 7.90. The topological polar surface area (TPSA) is 95.2 Å². The van der Waals surface area contributed by atoms with Crippen LogP contribution in [-0.2, 0) is 17.6 Å². The fourth-order valence-corrected chi connectivity index (χ4v) is 3.87. The molecular weight excluding hydrogens is 398 g/mol. The average molecular weight is 417 g/mol. The smallest absolute Gasteiger partial charge is 0.248 e. The van der Waals surface area contributed by atoms with E-state index in [1.165, 1.54) is 11.3 Å². The number of Topliss-reactive ketones (excluding diaryl/α,β-unsaturated/α-hetero) is 1. The minimum absolute atomic E-state index is 0.119. The third kappa shape index (κ3) is 4.36. The quantitative estimate of drug-likeness (QED) is 0.485. The fourth-order valence-electron chi connectivity index (χ4n) is 3.23. The summed E-state index contributed by atoms with van der Waals surface area (Å²) < 4.78 is 6.03. The molecule has 0 atom stereocenters. The molecule has 1 amide bonds. The summed E-state index contributed by atoms with van der Waals surface area (Å²) in [6.07, 6.45) is 4.06. The summed E-state index contributed by atoms with van der Waals surface area (Å²) in [7, 11) is 0. The van der Waals surface area contributed by atoms with Gasteiger partial charge in [0.25, 0.3) is 0 Å². The molecule has 0 aliphatic heterocycles. The minimum atomic E-state index is -0.490. The van der Waals surface area contributed by atoms with Gasteiger partial charge in [0.1, 0.15) is 17.3 Å². The third-order valence-corrected chi connectivity index (χ3v) is 5.48. The number of carbonyl (C=O) groups is 2. The van der Waals surface area contributed by atoms with Gasteiger partial charge in [0.2, 0.25) is 5.91 Å². The molecule has 0 radical (unpaired) electrons. The number of hydrogen-bond donors (Lipinski definition) is 1. The van der Waals surface area contributed by atoms with Gasteiger partial charge in [-0.1, -0.05) is 12.1 Å². The molecule has 6 nitrogen and oxygen atoms in total. The summed E-state index contributed by atoms with van der Waals surface area (Å²) in [6, 6.07) is 12.7. The molecule has 150 valence electrons. The predicted octanol–water partition coefficient (Wildman–Crippen LogP) is 4.25. The summed E-state index contributed by atoms with van der Waals surface area (Å²) in [5, 5.41) is 3.40. The molecule has 30 heavy (non-hydrogen) atoms. The van der Waals surface area contributed by atoms with Gasteiger partial charge in [0.15, 0.2) is 0 Å². The van der Waals surface area contributed by atoms with Crippen molar-refractivity contribution < 1.29 is 14.3 Å². The molecule has 0 spiro atoms. The van der Waals surface area contributed by atoms with Crippen molar-refractivity contribution in [1.29, 1.82) is 0 Å². The maximum absolute atomic E-state index is 12.2. The number of amides is 1. The Balaban J connectivity index is 1.52. The number of hydrogen-bond acceptors (Lipinski definition) is 6. The van der Waals surface area contributed by atoms with E-state index in [-0.39, 0.29) is 5.78 Å². The lowest BCUT2D eigenvalue weighted by Gasteiger charge is -2.11. The number of thiazole rings is 1. The van der Waals surface area contributed by atoms with E-state index in [1.807, 2.05) is 42.6 Å². The molecule has 2 heterocycles. The maximum atomic E-state index is 12.2. The number of fused-ring (bicyclic) bond motifs is 1. The van der Waals surface area contributed by atoms with Crippen LogP contribution in [0.25, 0.3) is 10.9 Å². The number of aryl methyl sites for hydroxylation is 1. The Labute approximate surface area is 177 Å².